The number of carbonyl (C=O) groups is 2. The maximum absolute atomic E-state index is 13.1. The van der Waals surface area contributed by atoms with Gasteiger partial charge in [0.2, 0.25) is 0 Å². The van der Waals surface area contributed by atoms with Crippen LogP contribution < -0.4 is 5.32 Å². The molecule has 6 nitrogen and oxygen atoms in total. The topological polar surface area (TPSA) is 67.2 Å². The highest BCUT2D eigenvalue weighted by Gasteiger charge is 2.25. The molecule has 1 saturated heterocycles. The molecule has 2 amide bonds. The fourth-order valence-electron chi connectivity index (χ4n) is 3.86. The molecule has 1 N–H and O–H groups in total. The maximum Gasteiger partial charge on any atom is 0.260 e. The summed E-state index contributed by atoms with van der Waals surface area (Å²) in [5, 5.41) is 7.98. The van der Waals surface area contributed by atoms with E-state index in [9.17, 15) is 9.59 Å². The normalized spacial score (nSPS) is 13.4. The monoisotopic (exact) mass is 470 g/mol. The summed E-state index contributed by atoms with van der Waals surface area (Å²) in [4.78, 5) is 27.9. The van der Waals surface area contributed by atoms with Crippen molar-refractivity contribution in [3.63, 3.8) is 0 Å². The number of nitrogens with zero attached hydrogens (tertiary/aromatic N) is 3. The Hall–Kier alpha value is -2.83. The van der Waals surface area contributed by atoms with Crippen LogP contribution in [-0.2, 0) is 6.54 Å². The molecule has 0 bridgehead atoms. The number of amides is 2. The van der Waals surface area contributed by atoms with E-state index in [1.54, 1.807) is 34.7 Å². The fraction of sp³-hybridized carbons (Fsp3) is 0.292. The quantitative estimate of drug-likeness (QED) is 0.546. The third-order valence-corrected chi connectivity index (χ3v) is 6.22. The standard InChI is InChI=1S/C24H24Cl2N4O2/c1-15-5-7-17(8-6-15)14-30-22(26)21(16(2)28-30)23(31)27-20-10-9-18(25)13-19(20)24(32)29-11-3-4-12-29/h5-10,13H,3-4,11-12,14H2,1-2H3,(H,27,31). The lowest BCUT2D eigenvalue weighted by molar-refractivity contribution is 0.0794. The van der Waals surface area contributed by atoms with Crippen LogP contribution in [0.1, 0.15) is 50.4 Å². The summed E-state index contributed by atoms with van der Waals surface area (Å²) in [5.74, 6) is -0.557. The average Bonchev–Trinajstić information content (AvgIpc) is 3.39. The van der Waals surface area contributed by atoms with Gasteiger partial charge in [0.05, 0.1) is 29.1 Å². The van der Waals surface area contributed by atoms with Gasteiger partial charge in [0.25, 0.3) is 11.8 Å². The molecule has 0 atom stereocenters. The predicted octanol–water partition coefficient (Wildman–Crippen LogP) is 5.34. The number of rotatable bonds is 5. The Morgan fingerprint density at radius 3 is 2.41 bits per heavy atom. The first-order valence-corrected chi connectivity index (χ1v) is 11.3. The molecule has 1 fully saturated rings. The van der Waals surface area contributed by atoms with Gasteiger partial charge in [-0.1, -0.05) is 53.0 Å². The number of benzene rings is 2. The molecule has 0 unspecified atom stereocenters. The van der Waals surface area contributed by atoms with E-state index in [0.29, 0.717) is 41.6 Å². The van der Waals surface area contributed by atoms with Crippen LogP contribution in [0.3, 0.4) is 0 Å². The van der Waals surface area contributed by atoms with E-state index in [0.717, 1.165) is 18.4 Å². The van der Waals surface area contributed by atoms with Crippen LogP contribution in [0.25, 0.3) is 0 Å². The van der Waals surface area contributed by atoms with E-state index in [1.165, 1.54) is 5.56 Å². The molecule has 4 rings (SSSR count). The molecule has 32 heavy (non-hydrogen) atoms. The van der Waals surface area contributed by atoms with Gasteiger partial charge in [-0.25, -0.2) is 4.68 Å². The second-order valence-corrected chi connectivity index (χ2v) is 8.83. The van der Waals surface area contributed by atoms with E-state index >= 15 is 0 Å². The molecule has 166 valence electrons. The molecule has 1 aliphatic rings. The van der Waals surface area contributed by atoms with E-state index in [-0.39, 0.29) is 16.6 Å². The van der Waals surface area contributed by atoms with Crippen molar-refractivity contribution in [3.8, 4) is 0 Å². The molecule has 1 aliphatic heterocycles. The number of anilines is 1. The Kier molecular flexibility index (Phi) is 6.53. The Bertz CT molecular complexity index is 1170. The minimum atomic E-state index is -0.416. The summed E-state index contributed by atoms with van der Waals surface area (Å²) in [7, 11) is 0. The van der Waals surface area contributed by atoms with E-state index < -0.39 is 5.91 Å². The van der Waals surface area contributed by atoms with Gasteiger partial charge in [-0.2, -0.15) is 5.10 Å². The molecule has 0 radical (unpaired) electrons. The molecule has 2 heterocycles. The van der Waals surface area contributed by atoms with Crippen molar-refractivity contribution < 1.29 is 9.59 Å². The Balaban J connectivity index is 1.59. The van der Waals surface area contributed by atoms with Gasteiger partial charge < -0.3 is 10.2 Å². The highest BCUT2D eigenvalue weighted by atomic mass is 35.5. The third-order valence-electron chi connectivity index (χ3n) is 5.60. The highest BCUT2D eigenvalue weighted by molar-refractivity contribution is 6.34. The summed E-state index contributed by atoms with van der Waals surface area (Å²) < 4.78 is 1.61. The fourth-order valence-corrected chi connectivity index (χ4v) is 4.35. The molecular formula is C24H24Cl2N4O2. The van der Waals surface area contributed by atoms with Crippen LogP contribution in [0.4, 0.5) is 5.69 Å². The van der Waals surface area contributed by atoms with Crippen LogP contribution in [0.15, 0.2) is 42.5 Å². The van der Waals surface area contributed by atoms with E-state index in [2.05, 4.69) is 10.4 Å². The van der Waals surface area contributed by atoms with Crippen LogP contribution in [0.2, 0.25) is 10.2 Å². The summed E-state index contributed by atoms with van der Waals surface area (Å²) in [6.07, 6.45) is 1.95. The average molecular weight is 471 g/mol. The smallest absolute Gasteiger partial charge is 0.260 e. The second-order valence-electron chi connectivity index (χ2n) is 8.04. The summed E-state index contributed by atoms with van der Waals surface area (Å²) in [6.45, 7) is 5.62. The second kappa shape index (κ2) is 9.35. The minimum Gasteiger partial charge on any atom is -0.339 e. The van der Waals surface area contributed by atoms with Crippen molar-refractivity contribution in [3.05, 3.63) is 80.6 Å². The van der Waals surface area contributed by atoms with Crippen molar-refractivity contribution in [1.82, 2.24) is 14.7 Å². The summed E-state index contributed by atoms with van der Waals surface area (Å²) >= 11 is 12.7. The van der Waals surface area contributed by atoms with Crippen LogP contribution in [0, 0.1) is 13.8 Å². The zero-order valence-electron chi connectivity index (χ0n) is 18.0. The maximum atomic E-state index is 13.1. The van der Waals surface area contributed by atoms with Gasteiger partial charge in [-0.3, -0.25) is 9.59 Å². The van der Waals surface area contributed by atoms with Crippen molar-refractivity contribution >= 4 is 40.7 Å². The van der Waals surface area contributed by atoms with Gasteiger partial charge in [0.1, 0.15) is 5.15 Å². The number of halogens is 2. The molecule has 8 heteroatoms. The molecule has 3 aromatic rings. The first kappa shape index (κ1) is 22.4. The molecule has 2 aromatic carbocycles. The molecular weight excluding hydrogens is 447 g/mol. The zero-order chi connectivity index (χ0) is 22.8. The van der Waals surface area contributed by atoms with E-state index in [1.807, 2.05) is 31.2 Å². The van der Waals surface area contributed by atoms with Crippen molar-refractivity contribution in [2.75, 3.05) is 18.4 Å². The largest absolute Gasteiger partial charge is 0.339 e. The number of carbonyl (C=O) groups excluding carboxylic acids is 2. The lowest BCUT2D eigenvalue weighted by atomic mass is 10.1. The van der Waals surface area contributed by atoms with Crippen LogP contribution in [-0.4, -0.2) is 39.6 Å². The number of likely N-dealkylation sites (tertiary alicyclic amines) is 1. The minimum absolute atomic E-state index is 0.141. The van der Waals surface area contributed by atoms with Gasteiger partial charge in [0.15, 0.2) is 0 Å². The molecule has 0 aliphatic carbocycles. The number of aromatic nitrogens is 2. The Labute approximate surface area is 197 Å². The number of hydrogen-bond acceptors (Lipinski definition) is 3. The van der Waals surface area contributed by atoms with Gasteiger partial charge in [-0.15, -0.1) is 0 Å². The first-order valence-electron chi connectivity index (χ1n) is 10.5. The van der Waals surface area contributed by atoms with Crippen molar-refractivity contribution in [1.29, 1.82) is 0 Å². The summed E-state index contributed by atoms with van der Waals surface area (Å²) in [5.41, 5.74) is 3.77. The lowest BCUT2D eigenvalue weighted by Gasteiger charge is -2.18. The Morgan fingerprint density at radius 2 is 1.72 bits per heavy atom. The molecule has 0 saturated carbocycles. The zero-order valence-corrected chi connectivity index (χ0v) is 19.5. The van der Waals surface area contributed by atoms with E-state index in [4.69, 9.17) is 23.2 Å². The van der Waals surface area contributed by atoms with Crippen LogP contribution in [0.5, 0.6) is 0 Å². The van der Waals surface area contributed by atoms with Crippen molar-refractivity contribution in [2.45, 2.75) is 33.2 Å². The molecule has 1 aromatic heterocycles. The SMILES string of the molecule is Cc1ccc(Cn2nc(C)c(C(=O)Nc3ccc(Cl)cc3C(=O)N3CCCC3)c2Cl)cc1. The molecule has 0 spiro atoms. The lowest BCUT2D eigenvalue weighted by Crippen LogP contribution is -2.29. The number of aryl methyl sites for hydroxylation is 2. The van der Waals surface area contributed by atoms with Crippen molar-refractivity contribution in [2.24, 2.45) is 0 Å². The van der Waals surface area contributed by atoms with Crippen LogP contribution >= 0.6 is 23.2 Å². The Morgan fingerprint density at radius 1 is 1.03 bits per heavy atom. The van der Waals surface area contributed by atoms with Gasteiger partial charge >= 0.3 is 0 Å². The third kappa shape index (κ3) is 4.66. The predicted molar refractivity (Wildman–Crippen MR) is 127 cm³/mol. The highest BCUT2D eigenvalue weighted by Crippen LogP contribution is 2.27. The van der Waals surface area contributed by atoms with Gasteiger partial charge in [-0.05, 0) is 50.5 Å². The number of hydrogen-bond donors (Lipinski definition) is 1. The number of nitrogens with one attached hydrogen (secondary N) is 1. The first-order chi connectivity index (χ1) is 15.3. The van der Waals surface area contributed by atoms with Gasteiger partial charge in [0, 0.05) is 18.1 Å². The summed E-state index contributed by atoms with van der Waals surface area (Å²) in [6, 6.07) is 12.9.